The maximum Gasteiger partial charge on any atom is 0.258 e. The maximum absolute atomic E-state index is 12.1. The van der Waals surface area contributed by atoms with Crippen molar-refractivity contribution in [3.8, 4) is 5.75 Å². The molecule has 0 heterocycles. The Bertz CT molecular complexity index is 744. The first-order valence-corrected chi connectivity index (χ1v) is 8.02. The normalized spacial score (nSPS) is 13.8. The Kier molecular flexibility index (Phi) is 4.79. The Hall–Kier alpha value is -2.82. The Balaban J connectivity index is 1.59. The van der Waals surface area contributed by atoms with E-state index in [0.29, 0.717) is 11.3 Å². The van der Waals surface area contributed by atoms with Crippen molar-refractivity contribution in [3.63, 3.8) is 0 Å². The zero-order valence-electron chi connectivity index (χ0n) is 13.3. The van der Waals surface area contributed by atoms with Gasteiger partial charge in [-0.05, 0) is 48.1 Å². The minimum Gasteiger partial charge on any atom is -0.484 e. The van der Waals surface area contributed by atoms with Gasteiger partial charge in [0, 0.05) is 0 Å². The number of nitrogens with one attached hydrogen (secondary N) is 1. The summed E-state index contributed by atoms with van der Waals surface area (Å²) in [5.74, 6) is -0.323. The van der Waals surface area contributed by atoms with Crippen LogP contribution in [0, 0.1) is 0 Å². The standard InChI is InChI=1S/C19H20N2O3/c20-19(23)18(14-5-2-1-3-6-14)21-17(22)12-24-16-10-9-13-7-4-8-15(13)11-16/h1-3,5-6,9-11,18H,4,7-8,12H2,(H2,20,23)(H,21,22)/t18-/m0/s1. The zero-order valence-corrected chi connectivity index (χ0v) is 13.3. The third-order valence-electron chi connectivity index (χ3n) is 4.16. The molecule has 5 heteroatoms. The van der Waals surface area contributed by atoms with E-state index in [4.69, 9.17) is 10.5 Å². The molecule has 3 rings (SSSR count). The Labute approximate surface area is 140 Å². The summed E-state index contributed by atoms with van der Waals surface area (Å²) in [6.45, 7) is -0.157. The van der Waals surface area contributed by atoms with Crippen LogP contribution in [0.1, 0.15) is 29.2 Å². The van der Waals surface area contributed by atoms with Gasteiger partial charge in [-0.25, -0.2) is 0 Å². The molecule has 0 fully saturated rings. The van der Waals surface area contributed by atoms with E-state index in [2.05, 4.69) is 5.32 Å². The van der Waals surface area contributed by atoms with E-state index < -0.39 is 11.9 Å². The van der Waals surface area contributed by atoms with Crippen molar-refractivity contribution in [2.24, 2.45) is 5.73 Å². The van der Waals surface area contributed by atoms with Crippen LogP contribution in [-0.2, 0) is 22.4 Å². The highest BCUT2D eigenvalue weighted by Crippen LogP contribution is 2.26. The number of aryl methyl sites for hydroxylation is 2. The maximum atomic E-state index is 12.1. The number of ether oxygens (including phenoxy) is 1. The van der Waals surface area contributed by atoms with E-state index in [1.165, 1.54) is 11.1 Å². The zero-order chi connectivity index (χ0) is 16.9. The van der Waals surface area contributed by atoms with Gasteiger partial charge in [0.2, 0.25) is 5.91 Å². The van der Waals surface area contributed by atoms with Gasteiger partial charge < -0.3 is 15.8 Å². The third kappa shape index (κ3) is 3.74. The van der Waals surface area contributed by atoms with E-state index in [1.54, 1.807) is 24.3 Å². The monoisotopic (exact) mass is 324 g/mol. The summed E-state index contributed by atoms with van der Waals surface area (Å²) in [6, 6.07) is 14.0. The molecular weight excluding hydrogens is 304 g/mol. The lowest BCUT2D eigenvalue weighted by atomic mass is 10.1. The van der Waals surface area contributed by atoms with Gasteiger partial charge in [0.1, 0.15) is 11.8 Å². The molecule has 0 aliphatic heterocycles. The van der Waals surface area contributed by atoms with Crippen LogP contribution in [0.15, 0.2) is 48.5 Å². The third-order valence-corrected chi connectivity index (χ3v) is 4.16. The molecule has 0 bridgehead atoms. The van der Waals surface area contributed by atoms with Crippen molar-refractivity contribution in [2.45, 2.75) is 25.3 Å². The Morgan fingerprint density at radius 1 is 1.08 bits per heavy atom. The minimum absolute atomic E-state index is 0.157. The van der Waals surface area contributed by atoms with Gasteiger partial charge >= 0.3 is 0 Å². The summed E-state index contributed by atoms with van der Waals surface area (Å²) in [5.41, 5.74) is 8.68. The number of hydrogen-bond donors (Lipinski definition) is 2. The predicted molar refractivity (Wildman–Crippen MR) is 90.5 cm³/mol. The predicted octanol–water partition coefficient (Wildman–Crippen LogP) is 1.90. The second kappa shape index (κ2) is 7.17. The number of carbonyl (C=O) groups excluding carboxylic acids is 2. The van der Waals surface area contributed by atoms with Crippen LogP contribution in [0.25, 0.3) is 0 Å². The van der Waals surface area contributed by atoms with E-state index in [-0.39, 0.29) is 12.5 Å². The number of fused-ring (bicyclic) bond motifs is 1. The van der Waals surface area contributed by atoms with Gasteiger partial charge in [0.15, 0.2) is 6.61 Å². The molecule has 2 aromatic carbocycles. The molecule has 0 radical (unpaired) electrons. The molecule has 1 aliphatic carbocycles. The molecule has 0 unspecified atom stereocenters. The van der Waals surface area contributed by atoms with Gasteiger partial charge in [0.25, 0.3) is 5.91 Å². The van der Waals surface area contributed by atoms with Gasteiger partial charge in [-0.15, -0.1) is 0 Å². The van der Waals surface area contributed by atoms with Crippen LogP contribution < -0.4 is 15.8 Å². The fourth-order valence-electron chi connectivity index (χ4n) is 2.95. The SMILES string of the molecule is NC(=O)[C@@H](NC(=O)COc1ccc2c(c1)CCC2)c1ccccc1. The lowest BCUT2D eigenvalue weighted by Crippen LogP contribution is -2.39. The summed E-state index contributed by atoms with van der Waals surface area (Å²) in [5, 5.41) is 2.62. The van der Waals surface area contributed by atoms with Crippen molar-refractivity contribution >= 4 is 11.8 Å². The lowest BCUT2D eigenvalue weighted by Gasteiger charge is -2.16. The van der Waals surface area contributed by atoms with Crippen LogP contribution in [0.4, 0.5) is 0 Å². The molecule has 1 atom stereocenters. The highest BCUT2D eigenvalue weighted by molar-refractivity contribution is 5.88. The molecule has 124 valence electrons. The highest BCUT2D eigenvalue weighted by atomic mass is 16.5. The summed E-state index contributed by atoms with van der Waals surface area (Å²) >= 11 is 0. The number of benzene rings is 2. The molecule has 24 heavy (non-hydrogen) atoms. The summed E-state index contributed by atoms with van der Waals surface area (Å²) in [7, 11) is 0. The molecule has 0 saturated carbocycles. The average Bonchev–Trinajstić information content (AvgIpc) is 3.06. The van der Waals surface area contributed by atoms with Gasteiger partial charge in [-0.2, -0.15) is 0 Å². The van der Waals surface area contributed by atoms with Gasteiger partial charge in [0.05, 0.1) is 0 Å². The van der Waals surface area contributed by atoms with Crippen LogP contribution in [0.5, 0.6) is 5.75 Å². The average molecular weight is 324 g/mol. The summed E-state index contributed by atoms with van der Waals surface area (Å²) < 4.78 is 5.55. The number of amides is 2. The van der Waals surface area contributed by atoms with Crippen molar-refractivity contribution in [1.29, 1.82) is 0 Å². The first kappa shape index (κ1) is 16.1. The topological polar surface area (TPSA) is 81.4 Å². The molecular formula is C19H20N2O3. The van der Waals surface area contributed by atoms with Crippen LogP contribution in [0.2, 0.25) is 0 Å². The van der Waals surface area contributed by atoms with E-state index >= 15 is 0 Å². The van der Waals surface area contributed by atoms with E-state index in [9.17, 15) is 9.59 Å². The quantitative estimate of drug-likeness (QED) is 0.851. The number of hydrogen-bond acceptors (Lipinski definition) is 3. The molecule has 0 saturated heterocycles. The fourth-order valence-corrected chi connectivity index (χ4v) is 2.95. The molecule has 0 spiro atoms. The lowest BCUT2D eigenvalue weighted by molar-refractivity contribution is -0.128. The molecule has 0 aromatic heterocycles. The van der Waals surface area contributed by atoms with Crippen molar-refractivity contribution in [1.82, 2.24) is 5.32 Å². The van der Waals surface area contributed by atoms with Crippen LogP contribution in [0.3, 0.4) is 0 Å². The number of primary amides is 1. The number of rotatable bonds is 6. The van der Waals surface area contributed by atoms with Crippen LogP contribution >= 0.6 is 0 Å². The van der Waals surface area contributed by atoms with Crippen molar-refractivity contribution in [3.05, 3.63) is 65.2 Å². The molecule has 5 nitrogen and oxygen atoms in total. The summed E-state index contributed by atoms with van der Waals surface area (Å²) in [4.78, 5) is 23.7. The van der Waals surface area contributed by atoms with Crippen molar-refractivity contribution in [2.75, 3.05) is 6.61 Å². The van der Waals surface area contributed by atoms with Gasteiger partial charge in [-0.3, -0.25) is 9.59 Å². The highest BCUT2D eigenvalue weighted by Gasteiger charge is 2.20. The van der Waals surface area contributed by atoms with E-state index in [0.717, 1.165) is 19.3 Å². The fraction of sp³-hybridized carbons (Fsp3) is 0.263. The number of carbonyl (C=O) groups is 2. The van der Waals surface area contributed by atoms with Gasteiger partial charge in [-0.1, -0.05) is 36.4 Å². The Morgan fingerprint density at radius 2 is 1.83 bits per heavy atom. The molecule has 1 aliphatic rings. The molecule has 2 amide bonds. The smallest absolute Gasteiger partial charge is 0.258 e. The van der Waals surface area contributed by atoms with E-state index in [1.807, 2.05) is 24.3 Å². The molecule has 3 N–H and O–H groups in total. The second-order valence-corrected chi connectivity index (χ2v) is 5.89. The first-order valence-electron chi connectivity index (χ1n) is 8.02. The molecule has 2 aromatic rings. The van der Waals surface area contributed by atoms with Crippen molar-refractivity contribution < 1.29 is 14.3 Å². The second-order valence-electron chi connectivity index (χ2n) is 5.89. The first-order chi connectivity index (χ1) is 11.6. The largest absolute Gasteiger partial charge is 0.484 e. The Morgan fingerprint density at radius 3 is 2.58 bits per heavy atom. The van der Waals surface area contributed by atoms with Crippen LogP contribution in [-0.4, -0.2) is 18.4 Å². The minimum atomic E-state index is -0.859. The summed E-state index contributed by atoms with van der Waals surface area (Å²) in [6.07, 6.45) is 3.32. The number of nitrogens with two attached hydrogens (primary N) is 1.